The minimum absolute atomic E-state index is 0.0135. The summed E-state index contributed by atoms with van der Waals surface area (Å²) in [4.78, 5) is 13.8. The Labute approximate surface area is 119 Å². The normalized spacial score (nSPS) is 18.9. The number of hydrogen-bond acceptors (Lipinski definition) is 4. The number of carbonyl (C=O) groups excluding carboxylic acids is 1. The van der Waals surface area contributed by atoms with Gasteiger partial charge < -0.3 is 19.5 Å². The first-order chi connectivity index (χ1) is 9.61. The van der Waals surface area contributed by atoms with Crippen LogP contribution in [0.1, 0.15) is 11.1 Å². The molecule has 1 fully saturated rings. The molecule has 0 bridgehead atoms. The van der Waals surface area contributed by atoms with Gasteiger partial charge in [-0.05, 0) is 25.5 Å². The van der Waals surface area contributed by atoms with Gasteiger partial charge in [-0.3, -0.25) is 4.79 Å². The van der Waals surface area contributed by atoms with E-state index in [0.29, 0.717) is 19.8 Å². The number of ether oxygens (including phenoxy) is 2. The van der Waals surface area contributed by atoms with Gasteiger partial charge in [0.1, 0.15) is 5.75 Å². The van der Waals surface area contributed by atoms with Gasteiger partial charge in [-0.15, -0.1) is 0 Å². The zero-order valence-corrected chi connectivity index (χ0v) is 12.0. The fraction of sp³-hybridized carbons (Fsp3) is 0.533. The largest absolute Gasteiger partial charge is 0.484 e. The molecule has 0 radical (unpaired) electrons. The van der Waals surface area contributed by atoms with Crippen LogP contribution < -0.4 is 4.74 Å². The Morgan fingerprint density at radius 2 is 2.30 bits per heavy atom. The molecule has 1 unspecified atom stereocenters. The van der Waals surface area contributed by atoms with Crippen LogP contribution in [0.15, 0.2) is 18.2 Å². The van der Waals surface area contributed by atoms with Crippen molar-refractivity contribution in [1.29, 1.82) is 0 Å². The van der Waals surface area contributed by atoms with Crippen molar-refractivity contribution in [3.63, 3.8) is 0 Å². The Morgan fingerprint density at radius 1 is 1.50 bits per heavy atom. The summed E-state index contributed by atoms with van der Waals surface area (Å²) in [6, 6.07) is 5.59. The highest BCUT2D eigenvalue weighted by molar-refractivity contribution is 5.78. The highest BCUT2D eigenvalue weighted by Gasteiger charge is 2.26. The van der Waals surface area contributed by atoms with Gasteiger partial charge in [-0.1, -0.05) is 17.7 Å². The molecular weight excluding hydrogens is 258 g/mol. The molecule has 20 heavy (non-hydrogen) atoms. The number of rotatable bonds is 4. The molecule has 1 aromatic carbocycles. The molecule has 1 aromatic rings. The van der Waals surface area contributed by atoms with Crippen molar-refractivity contribution in [3.05, 3.63) is 29.3 Å². The standard InChI is InChI=1S/C15H21NO4/c1-11-3-4-14(12(2)7-11)20-10-15(18)16-5-6-19-9-13(16)8-17/h3-4,7,13,17H,5-6,8-10H2,1-2H3. The van der Waals surface area contributed by atoms with E-state index in [1.165, 1.54) is 0 Å². The number of hydrogen-bond donors (Lipinski definition) is 1. The number of morpholine rings is 1. The highest BCUT2D eigenvalue weighted by Crippen LogP contribution is 2.19. The lowest BCUT2D eigenvalue weighted by Gasteiger charge is -2.34. The first kappa shape index (κ1) is 14.8. The Bertz CT molecular complexity index is 475. The third-order valence-electron chi connectivity index (χ3n) is 3.44. The first-order valence-electron chi connectivity index (χ1n) is 6.80. The smallest absolute Gasteiger partial charge is 0.260 e. The Kier molecular flexibility index (Phi) is 4.98. The van der Waals surface area contributed by atoms with Gasteiger partial charge in [-0.2, -0.15) is 0 Å². The quantitative estimate of drug-likeness (QED) is 0.889. The summed E-state index contributed by atoms with van der Waals surface area (Å²) < 4.78 is 10.8. The zero-order chi connectivity index (χ0) is 14.5. The van der Waals surface area contributed by atoms with E-state index < -0.39 is 0 Å². The minimum Gasteiger partial charge on any atom is -0.484 e. The molecular formula is C15H21NO4. The van der Waals surface area contributed by atoms with Gasteiger partial charge in [0.05, 0.1) is 25.9 Å². The molecule has 0 saturated carbocycles. The van der Waals surface area contributed by atoms with Crippen molar-refractivity contribution in [1.82, 2.24) is 4.90 Å². The topological polar surface area (TPSA) is 59.0 Å². The summed E-state index contributed by atoms with van der Waals surface area (Å²) in [6.07, 6.45) is 0. The van der Waals surface area contributed by atoms with Gasteiger partial charge in [0, 0.05) is 6.54 Å². The van der Waals surface area contributed by atoms with Gasteiger partial charge in [0.2, 0.25) is 0 Å². The molecule has 5 nitrogen and oxygen atoms in total. The van der Waals surface area contributed by atoms with Crippen LogP contribution >= 0.6 is 0 Å². The van der Waals surface area contributed by atoms with E-state index in [-0.39, 0.29) is 25.2 Å². The first-order valence-corrected chi connectivity index (χ1v) is 6.80. The average Bonchev–Trinajstić information content (AvgIpc) is 2.46. The lowest BCUT2D eigenvalue weighted by Crippen LogP contribution is -2.51. The summed E-state index contributed by atoms with van der Waals surface area (Å²) in [5.74, 6) is 0.602. The maximum atomic E-state index is 12.2. The lowest BCUT2D eigenvalue weighted by molar-refractivity contribution is -0.143. The number of carbonyl (C=O) groups is 1. The molecule has 1 aliphatic rings. The van der Waals surface area contributed by atoms with Crippen molar-refractivity contribution in [3.8, 4) is 5.75 Å². The van der Waals surface area contributed by atoms with Crippen LogP contribution in [0.4, 0.5) is 0 Å². The maximum absolute atomic E-state index is 12.2. The lowest BCUT2D eigenvalue weighted by atomic mass is 10.1. The molecule has 5 heteroatoms. The predicted octanol–water partition coefficient (Wildman–Crippen LogP) is 0.902. The van der Waals surface area contributed by atoms with Gasteiger partial charge >= 0.3 is 0 Å². The fourth-order valence-corrected chi connectivity index (χ4v) is 2.32. The van der Waals surface area contributed by atoms with Crippen molar-refractivity contribution in [2.75, 3.05) is 33.0 Å². The minimum atomic E-state index is -0.265. The Morgan fingerprint density at radius 3 is 3.00 bits per heavy atom. The number of amides is 1. The number of benzene rings is 1. The van der Waals surface area contributed by atoms with E-state index in [9.17, 15) is 9.90 Å². The highest BCUT2D eigenvalue weighted by atomic mass is 16.5. The third-order valence-corrected chi connectivity index (χ3v) is 3.44. The van der Waals surface area contributed by atoms with Crippen LogP contribution in [0.2, 0.25) is 0 Å². The molecule has 1 aliphatic heterocycles. The number of aliphatic hydroxyl groups excluding tert-OH is 1. The van der Waals surface area contributed by atoms with E-state index in [4.69, 9.17) is 9.47 Å². The molecule has 1 saturated heterocycles. The van der Waals surface area contributed by atoms with Gasteiger partial charge in [0.25, 0.3) is 5.91 Å². The summed E-state index contributed by atoms with van der Waals surface area (Å²) >= 11 is 0. The van der Waals surface area contributed by atoms with Crippen LogP contribution in [0.3, 0.4) is 0 Å². The van der Waals surface area contributed by atoms with Crippen LogP contribution in [-0.4, -0.2) is 54.9 Å². The van der Waals surface area contributed by atoms with Crippen molar-refractivity contribution < 1.29 is 19.4 Å². The average molecular weight is 279 g/mol. The van der Waals surface area contributed by atoms with E-state index in [1.54, 1.807) is 4.90 Å². The summed E-state index contributed by atoms with van der Waals surface area (Å²) in [6.45, 7) is 5.26. The molecule has 110 valence electrons. The summed E-state index contributed by atoms with van der Waals surface area (Å²) in [7, 11) is 0. The molecule has 0 spiro atoms. The van der Waals surface area contributed by atoms with Crippen LogP contribution in [0, 0.1) is 13.8 Å². The monoisotopic (exact) mass is 279 g/mol. The number of aryl methyl sites for hydroxylation is 2. The molecule has 1 N–H and O–H groups in total. The number of nitrogens with zero attached hydrogens (tertiary/aromatic N) is 1. The van der Waals surface area contributed by atoms with E-state index in [0.717, 1.165) is 16.9 Å². The van der Waals surface area contributed by atoms with Crippen molar-refractivity contribution in [2.45, 2.75) is 19.9 Å². The zero-order valence-electron chi connectivity index (χ0n) is 12.0. The summed E-state index contributed by atoms with van der Waals surface area (Å²) in [5, 5.41) is 9.26. The van der Waals surface area contributed by atoms with Gasteiger partial charge in [-0.25, -0.2) is 0 Å². The number of aliphatic hydroxyl groups is 1. The fourth-order valence-electron chi connectivity index (χ4n) is 2.32. The predicted molar refractivity (Wildman–Crippen MR) is 74.8 cm³/mol. The molecule has 0 aromatic heterocycles. The Hall–Kier alpha value is -1.59. The third kappa shape index (κ3) is 3.49. The maximum Gasteiger partial charge on any atom is 0.260 e. The van der Waals surface area contributed by atoms with Crippen LogP contribution in [0.5, 0.6) is 5.75 Å². The molecule has 0 aliphatic carbocycles. The summed E-state index contributed by atoms with van der Waals surface area (Å²) in [5.41, 5.74) is 2.17. The van der Waals surface area contributed by atoms with Gasteiger partial charge in [0.15, 0.2) is 6.61 Å². The second-order valence-electron chi connectivity index (χ2n) is 5.06. The van der Waals surface area contributed by atoms with E-state index in [1.807, 2.05) is 32.0 Å². The second kappa shape index (κ2) is 6.72. The van der Waals surface area contributed by atoms with Crippen molar-refractivity contribution in [2.24, 2.45) is 0 Å². The molecule has 1 atom stereocenters. The molecule has 1 amide bonds. The van der Waals surface area contributed by atoms with Crippen LogP contribution in [0.25, 0.3) is 0 Å². The van der Waals surface area contributed by atoms with E-state index >= 15 is 0 Å². The molecule has 2 rings (SSSR count). The van der Waals surface area contributed by atoms with Crippen LogP contribution in [-0.2, 0) is 9.53 Å². The molecule has 1 heterocycles. The Balaban J connectivity index is 1.94. The van der Waals surface area contributed by atoms with E-state index in [2.05, 4.69) is 0 Å². The second-order valence-corrected chi connectivity index (χ2v) is 5.06. The SMILES string of the molecule is Cc1ccc(OCC(=O)N2CCOCC2CO)c(C)c1. The van der Waals surface area contributed by atoms with Crippen molar-refractivity contribution >= 4 is 5.91 Å².